The fourth-order valence-electron chi connectivity index (χ4n) is 3.85. The molecule has 0 spiro atoms. The molecule has 1 aromatic heterocycles. The molecule has 0 aliphatic carbocycles. The van der Waals surface area contributed by atoms with E-state index in [2.05, 4.69) is 20.9 Å². The van der Waals surface area contributed by atoms with Gasteiger partial charge in [-0.3, -0.25) is 19.2 Å². The first-order chi connectivity index (χ1) is 18.4. The van der Waals surface area contributed by atoms with E-state index in [-0.39, 0.29) is 25.7 Å². The minimum atomic E-state index is -1.48. The summed E-state index contributed by atoms with van der Waals surface area (Å²) >= 11 is 1.43. The Hall–Kier alpha value is -3.62. The van der Waals surface area contributed by atoms with Crippen LogP contribution < -0.4 is 27.4 Å². The van der Waals surface area contributed by atoms with E-state index < -0.39 is 59.9 Å². The van der Waals surface area contributed by atoms with Crippen LogP contribution in [0.15, 0.2) is 30.5 Å². The van der Waals surface area contributed by atoms with Crippen LogP contribution >= 0.6 is 11.8 Å². The minimum Gasteiger partial charge on any atom is -0.480 e. The van der Waals surface area contributed by atoms with Gasteiger partial charge in [-0.2, -0.15) is 11.8 Å². The normalized spacial score (nSPS) is 15.0. The van der Waals surface area contributed by atoms with Crippen LogP contribution in [0.2, 0.25) is 0 Å². The number of aromatic amines is 1. The van der Waals surface area contributed by atoms with Gasteiger partial charge < -0.3 is 42.6 Å². The summed E-state index contributed by atoms with van der Waals surface area (Å²) in [5.41, 5.74) is 12.3. The van der Waals surface area contributed by atoms with Crippen molar-refractivity contribution >= 4 is 52.3 Å². The fraction of sp³-hybridized carbons (Fsp3) is 0.480. The van der Waals surface area contributed by atoms with E-state index in [1.165, 1.54) is 18.7 Å². The molecule has 0 bridgehead atoms. The van der Waals surface area contributed by atoms with Gasteiger partial charge in [0.25, 0.3) is 0 Å². The number of carbonyl (C=O) groups is 5. The molecule has 0 saturated heterocycles. The summed E-state index contributed by atoms with van der Waals surface area (Å²) in [6.45, 7) is 1.27. The van der Waals surface area contributed by atoms with E-state index in [9.17, 15) is 34.2 Å². The molecule has 0 radical (unpaired) electrons. The lowest BCUT2D eigenvalue weighted by Crippen LogP contribution is -2.60. The van der Waals surface area contributed by atoms with Crippen molar-refractivity contribution in [3.05, 3.63) is 36.0 Å². The Balaban J connectivity index is 2.27. The lowest BCUT2D eigenvalue weighted by atomic mass is 10.0. The second-order valence-corrected chi connectivity index (χ2v) is 10.1. The van der Waals surface area contributed by atoms with E-state index in [1.807, 2.05) is 30.5 Å². The second-order valence-electron chi connectivity index (χ2n) is 9.14. The van der Waals surface area contributed by atoms with Crippen LogP contribution in [0.1, 0.15) is 31.7 Å². The maximum Gasteiger partial charge on any atom is 0.326 e. The van der Waals surface area contributed by atoms with Crippen LogP contribution in [0.4, 0.5) is 0 Å². The minimum absolute atomic E-state index is 0.00491. The molecule has 5 atom stereocenters. The number of H-pyrrole nitrogens is 1. The lowest BCUT2D eigenvalue weighted by Gasteiger charge is -2.26. The first-order valence-electron chi connectivity index (χ1n) is 12.3. The predicted molar refractivity (Wildman–Crippen MR) is 147 cm³/mol. The van der Waals surface area contributed by atoms with Crippen molar-refractivity contribution in [3.63, 3.8) is 0 Å². The number of aliphatic hydroxyl groups is 1. The number of nitrogens with one attached hydrogen (secondary N) is 4. The Labute approximate surface area is 229 Å². The number of nitrogens with two attached hydrogens (primary N) is 2. The summed E-state index contributed by atoms with van der Waals surface area (Å²) in [7, 11) is 0. The van der Waals surface area contributed by atoms with Crippen LogP contribution in [-0.2, 0) is 30.4 Å². The van der Waals surface area contributed by atoms with Crippen LogP contribution in [0.5, 0.6) is 0 Å². The van der Waals surface area contributed by atoms with Gasteiger partial charge in [-0.05, 0) is 43.4 Å². The second kappa shape index (κ2) is 15.1. The average molecular weight is 565 g/mol. The highest BCUT2D eigenvalue weighted by Crippen LogP contribution is 2.19. The fourth-order valence-corrected chi connectivity index (χ4v) is 4.32. The third-order valence-electron chi connectivity index (χ3n) is 6.06. The highest BCUT2D eigenvalue weighted by atomic mass is 32.2. The van der Waals surface area contributed by atoms with Crippen molar-refractivity contribution in [2.45, 2.75) is 62.9 Å². The average Bonchev–Trinajstić information content (AvgIpc) is 3.29. The number of carboxylic acid groups (broad SMARTS) is 1. The number of aromatic nitrogens is 1. The van der Waals surface area contributed by atoms with Gasteiger partial charge in [-0.1, -0.05) is 18.2 Å². The van der Waals surface area contributed by atoms with Crippen molar-refractivity contribution in [1.29, 1.82) is 0 Å². The molecule has 0 fully saturated rings. The number of carboxylic acids is 1. The van der Waals surface area contributed by atoms with Crippen molar-refractivity contribution in [1.82, 2.24) is 20.9 Å². The zero-order valence-corrected chi connectivity index (χ0v) is 22.6. The molecule has 10 N–H and O–H groups in total. The van der Waals surface area contributed by atoms with Crippen LogP contribution in [0, 0.1) is 0 Å². The Morgan fingerprint density at radius 1 is 1.00 bits per heavy atom. The number of rotatable bonds is 16. The third-order valence-corrected chi connectivity index (χ3v) is 6.70. The monoisotopic (exact) mass is 564 g/mol. The molecule has 0 aliphatic heterocycles. The summed E-state index contributed by atoms with van der Waals surface area (Å²) in [6, 6.07) is 2.26. The first-order valence-corrected chi connectivity index (χ1v) is 13.7. The van der Waals surface area contributed by atoms with Gasteiger partial charge in [0.2, 0.25) is 23.6 Å². The summed E-state index contributed by atoms with van der Waals surface area (Å²) in [5.74, 6) is -3.78. The van der Waals surface area contributed by atoms with Gasteiger partial charge in [-0.15, -0.1) is 0 Å². The summed E-state index contributed by atoms with van der Waals surface area (Å²) in [4.78, 5) is 64.8. The molecular formula is C25H36N6O7S. The number of thioether (sulfide) groups is 1. The van der Waals surface area contributed by atoms with Gasteiger partial charge in [0.1, 0.15) is 18.1 Å². The Morgan fingerprint density at radius 3 is 2.28 bits per heavy atom. The molecule has 4 amide bonds. The van der Waals surface area contributed by atoms with Crippen LogP contribution in [-0.4, -0.2) is 87.1 Å². The Kier molecular flexibility index (Phi) is 12.2. The smallest absolute Gasteiger partial charge is 0.326 e. The Morgan fingerprint density at radius 2 is 1.67 bits per heavy atom. The topological polar surface area (TPSA) is 230 Å². The number of amides is 4. The van der Waals surface area contributed by atoms with Crippen molar-refractivity contribution in [2.24, 2.45) is 11.5 Å². The van der Waals surface area contributed by atoms with E-state index in [1.54, 1.807) is 6.20 Å². The maximum atomic E-state index is 13.3. The highest BCUT2D eigenvalue weighted by Gasteiger charge is 2.33. The SMILES string of the molecule is CSCCC(NC(=O)C(Cc1c[nH]c2ccccc12)NC(=O)C(NC(=O)C(N)CCC(N)=O)C(C)O)C(=O)O. The summed E-state index contributed by atoms with van der Waals surface area (Å²) in [6.07, 6.45) is 2.08. The molecule has 39 heavy (non-hydrogen) atoms. The van der Waals surface area contributed by atoms with Crippen molar-refractivity contribution in [2.75, 3.05) is 12.0 Å². The molecule has 2 rings (SSSR count). The molecule has 5 unspecified atom stereocenters. The largest absolute Gasteiger partial charge is 0.480 e. The molecular weight excluding hydrogens is 528 g/mol. The number of carbonyl (C=O) groups excluding carboxylic acids is 4. The third kappa shape index (κ3) is 9.57. The number of hydrogen-bond acceptors (Lipinski definition) is 8. The van der Waals surface area contributed by atoms with Crippen molar-refractivity contribution < 1.29 is 34.2 Å². The highest BCUT2D eigenvalue weighted by molar-refractivity contribution is 7.98. The molecule has 0 saturated carbocycles. The summed E-state index contributed by atoms with van der Waals surface area (Å²) < 4.78 is 0. The molecule has 13 nitrogen and oxygen atoms in total. The van der Waals surface area contributed by atoms with Gasteiger partial charge in [-0.25, -0.2) is 4.79 Å². The van der Waals surface area contributed by atoms with E-state index >= 15 is 0 Å². The number of primary amides is 1. The zero-order chi connectivity index (χ0) is 29.1. The standard InChI is InChI=1S/C25H36N6O7S/c1-13(32)21(31-22(34)16(26)7-8-20(27)33)24(36)30-19(23(35)29-18(25(37)38)9-10-39-2)11-14-12-28-17-6-4-3-5-15(14)17/h3-6,12-13,16,18-19,21,28,32H,7-11,26H2,1-2H3,(H2,27,33)(H,29,35)(H,30,36)(H,31,34)(H,37,38). The first kappa shape index (κ1) is 31.6. The molecule has 1 aromatic carbocycles. The number of fused-ring (bicyclic) bond motifs is 1. The van der Waals surface area contributed by atoms with Gasteiger partial charge in [0.05, 0.1) is 12.1 Å². The maximum absolute atomic E-state index is 13.3. The van der Waals surface area contributed by atoms with E-state index in [0.717, 1.165) is 10.9 Å². The molecule has 2 aromatic rings. The van der Waals surface area contributed by atoms with Gasteiger partial charge >= 0.3 is 5.97 Å². The molecule has 1 heterocycles. The number of benzene rings is 1. The van der Waals surface area contributed by atoms with E-state index in [0.29, 0.717) is 11.3 Å². The number of aliphatic hydroxyl groups excluding tert-OH is 1. The number of para-hydroxylation sites is 1. The number of hydrogen-bond donors (Lipinski definition) is 8. The number of aliphatic carboxylic acids is 1. The quantitative estimate of drug-likeness (QED) is 0.124. The summed E-state index contributed by atoms with van der Waals surface area (Å²) in [5, 5.41) is 28.0. The zero-order valence-electron chi connectivity index (χ0n) is 21.8. The predicted octanol–water partition coefficient (Wildman–Crippen LogP) is -1.02. The van der Waals surface area contributed by atoms with Crippen LogP contribution in [0.25, 0.3) is 10.9 Å². The van der Waals surface area contributed by atoms with Crippen molar-refractivity contribution in [3.8, 4) is 0 Å². The van der Waals surface area contributed by atoms with Crippen LogP contribution in [0.3, 0.4) is 0 Å². The molecule has 14 heteroatoms. The van der Waals surface area contributed by atoms with Gasteiger partial charge in [0.15, 0.2) is 0 Å². The molecule has 0 aliphatic rings. The van der Waals surface area contributed by atoms with E-state index in [4.69, 9.17) is 11.5 Å². The molecule has 214 valence electrons. The lowest BCUT2D eigenvalue weighted by molar-refractivity contribution is -0.142. The Bertz CT molecular complexity index is 1170. The van der Waals surface area contributed by atoms with Gasteiger partial charge in [0, 0.05) is 29.9 Å².